The molecule has 1 N–H and O–H groups in total. The lowest BCUT2D eigenvalue weighted by Gasteiger charge is -2.29. The number of carbonyl (C=O) groups excluding carboxylic acids is 2. The van der Waals surface area contributed by atoms with Crippen LogP contribution in [0.25, 0.3) is 16.6 Å². The minimum absolute atomic E-state index is 0.266. The molecule has 44 heavy (non-hydrogen) atoms. The molecule has 0 saturated heterocycles. The molecule has 1 unspecified atom stereocenters. The summed E-state index contributed by atoms with van der Waals surface area (Å²) in [5.74, 6) is 2.39. The predicted octanol–water partition coefficient (Wildman–Crippen LogP) is 7.41. The number of para-hydroxylation sites is 1. The topological polar surface area (TPSA) is 74.8 Å². The van der Waals surface area contributed by atoms with E-state index < -0.39 is 11.9 Å². The van der Waals surface area contributed by atoms with Gasteiger partial charge in [-0.1, -0.05) is 48.0 Å². The zero-order valence-corrected chi connectivity index (χ0v) is 24.4. The van der Waals surface area contributed by atoms with Crippen molar-refractivity contribution in [2.75, 3.05) is 23.9 Å². The number of methoxy groups -OCH3 is 1. The van der Waals surface area contributed by atoms with Crippen molar-refractivity contribution >= 4 is 51.5 Å². The lowest BCUT2D eigenvalue weighted by molar-refractivity contribution is 0.257. The number of nitrogens with one attached hydrogen (secondary N) is 1. The van der Waals surface area contributed by atoms with Gasteiger partial charge in [0.2, 0.25) is 0 Å². The highest BCUT2D eigenvalue weighted by Gasteiger charge is 2.41. The summed E-state index contributed by atoms with van der Waals surface area (Å²) in [5.41, 5.74) is 5.77. The molecule has 1 aromatic heterocycles. The number of nitrogens with zero attached hydrogens (tertiary/aromatic N) is 3. The third-order valence-electron chi connectivity index (χ3n) is 8.29. The van der Waals surface area contributed by atoms with Crippen LogP contribution in [0, 0.1) is 5.82 Å². The number of pyridine rings is 1. The molecule has 3 heterocycles. The van der Waals surface area contributed by atoms with Crippen LogP contribution in [0.5, 0.6) is 5.75 Å². The van der Waals surface area contributed by atoms with Gasteiger partial charge in [0, 0.05) is 52.1 Å². The Morgan fingerprint density at radius 2 is 1.91 bits per heavy atom. The van der Waals surface area contributed by atoms with Crippen molar-refractivity contribution in [2.45, 2.75) is 19.0 Å². The van der Waals surface area contributed by atoms with Gasteiger partial charge in [-0.2, -0.15) is 0 Å². The van der Waals surface area contributed by atoms with E-state index in [0.717, 1.165) is 23.2 Å². The third-order valence-corrected chi connectivity index (χ3v) is 8.64. The highest BCUT2D eigenvalue weighted by atomic mass is 35.5. The zero-order valence-electron chi connectivity index (χ0n) is 23.7. The molecule has 0 spiro atoms. The molecule has 2 amide bonds. The molecule has 2 aliphatic rings. The molecular weight excluding hydrogens is 579 g/mol. The minimum Gasteiger partial charge on any atom is -0.497 e. The molecule has 4 aromatic carbocycles. The second kappa shape index (κ2) is 11.2. The average Bonchev–Trinajstić information content (AvgIpc) is 3.62. The van der Waals surface area contributed by atoms with E-state index in [2.05, 4.69) is 16.2 Å². The number of amides is 2. The van der Waals surface area contributed by atoms with Gasteiger partial charge in [-0.25, -0.2) is 14.0 Å². The van der Waals surface area contributed by atoms with Crippen molar-refractivity contribution in [3.8, 4) is 5.75 Å². The lowest BCUT2D eigenvalue weighted by Crippen LogP contribution is -2.34. The molecule has 7 nitrogen and oxygen atoms in total. The number of ether oxygens (including phenoxy) is 1. The standard InChI is InChI=1S/C35H26ClFN4O3/c1-44-24-11-8-21(9-12-24)19-41-31(20-42)32-25-6-4-15-38-28(25)18-29(33(32)34(41)26-17-23(37)10-13-27(26)36)39-35(43)40-16-14-22-5-2-3-7-30(22)40/h2-13,15,17-18,34H,14,16,19H2,1H3,(H,39,43). The van der Waals surface area contributed by atoms with Gasteiger partial charge in [0.15, 0.2) is 5.94 Å². The summed E-state index contributed by atoms with van der Waals surface area (Å²) in [6.07, 6.45) is 2.41. The molecule has 0 saturated carbocycles. The molecule has 218 valence electrons. The Hall–Kier alpha value is -5.17. The van der Waals surface area contributed by atoms with Gasteiger partial charge in [0.1, 0.15) is 17.3 Å². The van der Waals surface area contributed by atoms with Crippen LogP contribution in [0.3, 0.4) is 0 Å². The third kappa shape index (κ3) is 4.65. The van der Waals surface area contributed by atoms with E-state index in [1.165, 1.54) is 18.2 Å². The fourth-order valence-electron chi connectivity index (χ4n) is 6.30. The van der Waals surface area contributed by atoms with Crippen LogP contribution < -0.4 is 15.0 Å². The molecule has 5 aromatic rings. The Balaban J connectivity index is 1.42. The summed E-state index contributed by atoms with van der Waals surface area (Å²) < 4.78 is 20.2. The second-order valence-electron chi connectivity index (χ2n) is 10.7. The first-order valence-corrected chi connectivity index (χ1v) is 14.5. The summed E-state index contributed by atoms with van der Waals surface area (Å²) >= 11 is 6.75. The first kappa shape index (κ1) is 27.7. The van der Waals surface area contributed by atoms with Crippen LogP contribution in [0.1, 0.15) is 33.9 Å². The number of aromatic nitrogens is 1. The highest BCUT2D eigenvalue weighted by molar-refractivity contribution is 6.31. The SMILES string of the molecule is COc1ccc(CN2C(=C=O)c3c(c(NC(=O)N4CCc5ccccc54)cc4ncccc34)C2c2cc(F)ccc2Cl)cc1. The van der Waals surface area contributed by atoms with Gasteiger partial charge in [-0.3, -0.25) is 9.88 Å². The summed E-state index contributed by atoms with van der Waals surface area (Å²) in [6, 6.07) is 23.9. The normalized spacial score (nSPS) is 15.2. The van der Waals surface area contributed by atoms with E-state index >= 15 is 0 Å². The van der Waals surface area contributed by atoms with Gasteiger partial charge in [0.05, 0.1) is 24.4 Å². The number of rotatable bonds is 5. The maximum absolute atomic E-state index is 14.8. The second-order valence-corrected chi connectivity index (χ2v) is 11.1. The fraction of sp³-hybridized carbons (Fsp3) is 0.143. The lowest BCUT2D eigenvalue weighted by atomic mass is 9.93. The van der Waals surface area contributed by atoms with Crippen molar-refractivity contribution in [2.24, 2.45) is 0 Å². The molecule has 9 heteroatoms. The van der Waals surface area contributed by atoms with Crippen molar-refractivity contribution in [1.29, 1.82) is 0 Å². The first-order chi connectivity index (χ1) is 21.5. The van der Waals surface area contributed by atoms with E-state index in [4.69, 9.17) is 16.3 Å². The summed E-state index contributed by atoms with van der Waals surface area (Å²) in [4.78, 5) is 34.9. The van der Waals surface area contributed by atoms with Crippen LogP contribution in [0.15, 0.2) is 91.1 Å². The minimum atomic E-state index is -0.725. The number of halogens is 2. The Labute approximate surface area is 258 Å². The van der Waals surface area contributed by atoms with E-state index in [1.54, 1.807) is 30.3 Å². The van der Waals surface area contributed by atoms with Gasteiger partial charge < -0.3 is 15.0 Å². The average molecular weight is 605 g/mol. The van der Waals surface area contributed by atoms with Gasteiger partial charge in [-0.15, -0.1) is 0 Å². The Kier molecular flexibility index (Phi) is 7.01. The van der Waals surface area contributed by atoms with Crippen LogP contribution in [-0.2, 0) is 17.8 Å². The quantitative estimate of drug-likeness (QED) is 0.212. The molecule has 0 aliphatic carbocycles. The van der Waals surface area contributed by atoms with Crippen molar-refractivity contribution in [3.05, 3.63) is 130 Å². The smallest absolute Gasteiger partial charge is 0.326 e. The number of hydrogen-bond acceptors (Lipinski definition) is 5. The van der Waals surface area contributed by atoms with E-state index in [9.17, 15) is 14.0 Å². The van der Waals surface area contributed by atoms with Crippen LogP contribution in [-0.4, -0.2) is 35.5 Å². The monoisotopic (exact) mass is 604 g/mol. The summed E-state index contributed by atoms with van der Waals surface area (Å²) in [5, 5.41) is 4.15. The fourth-order valence-corrected chi connectivity index (χ4v) is 6.52. The van der Waals surface area contributed by atoms with Gasteiger partial charge in [0.25, 0.3) is 0 Å². The van der Waals surface area contributed by atoms with Crippen LogP contribution in [0.4, 0.5) is 20.6 Å². The van der Waals surface area contributed by atoms with E-state index in [-0.39, 0.29) is 18.3 Å². The molecule has 1 atom stereocenters. The Morgan fingerprint density at radius 1 is 1.09 bits per heavy atom. The molecule has 0 fully saturated rings. The number of anilines is 2. The van der Waals surface area contributed by atoms with Crippen molar-refractivity contribution in [3.63, 3.8) is 0 Å². The number of carbonyl (C=O) groups is 1. The zero-order chi connectivity index (χ0) is 30.4. The molecule has 0 bridgehead atoms. The van der Waals surface area contributed by atoms with Crippen LogP contribution >= 0.6 is 11.6 Å². The highest BCUT2D eigenvalue weighted by Crippen LogP contribution is 2.52. The number of hydrogen-bond donors (Lipinski definition) is 1. The van der Waals surface area contributed by atoms with Crippen molar-refractivity contribution in [1.82, 2.24) is 9.88 Å². The van der Waals surface area contributed by atoms with Gasteiger partial charge >= 0.3 is 6.03 Å². The largest absolute Gasteiger partial charge is 0.497 e. The number of urea groups is 1. The molecule has 0 radical (unpaired) electrons. The molecule has 2 aliphatic heterocycles. The van der Waals surface area contributed by atoms with E-state index in [1.807, 2.05) is 59.5 Å². The maximum atomic E-state index is 14.8. The Bertz CT molecular complexity index is 1990. The maximum Gasteiger partial charge on any atom is 0.326 e. The molecule has 7 rings (SSSR count). The van der Waals surface area contributed by atoms with Gasteiger partial charge in [-0.05, 0) is 66.1 Å². The predicted molar refractivity (Wildman–Crippen MR) is 169 cm³/mol. The summed E-state index contributed by atoms with van der Waals surface area (Å²) in [7, 11) is 1.59. The first-order valence-electron chi connectivity index (χ1n) is 14.1. The van der Waals surface area contributed by atoms with E-state index in [0.29, 0.717) is 50.6 Å². The number of benzene rings is 4. The Morgan fingerprint density at radius 3 is 2.70 bits per heavy atom. The number of fused-ring (bicyclic) bond motifs is 4. The van der Waals surface area contributed by atoms with Crippen molar-refractivity contribution < 1.29 is 18.7 Å². The van der Waals surface area contributed by atoms with Crippen LogP contribution in [0.2, 0.25) is 5.02 Å². The molecular formula is C35H26ClFN4O3. The summed E-state index contributed by atoms with van der Waals surface area (Å²) in [6.45, 7) is 0.802.